The molecule has 0 amide bonds. The molecule has 1 aromatic rings. The van der Waals surface area contributed by atoms with Gasteiger partial charge in [0.15, 0.2) is 0 Å². The number of para-hydroxylation sites is 1. The Kier molecular flexibility index (Phi) is 8.87. The normalized spacial score (nSPS) is 7.46. The maximum absolute atomic E-state index is 8.32. The van der Waals surface area contributed by atoms with Crippen molar-refractivity contribution in [3.05, 3.63) is 50.2 Å². The number of hydrogen-bond donors (Lipinski definition) is 2. The van der Waals surface area contributed by atoms with Gasteiger partial charge in [-0.05, 0) is 18.7 Å². The van der Waals surface area contributed by atoms with Crippen molar-refractivity contribution in [2.24, 2.45) is 0 Å². The van der Waals surface area contributed by atoms with Gasteiger partial charge in [-0.25, -0.2) is 5.48 Å². The summed E-state index contributed by atoms with van der Waals surface area (Å²) in [5.41, 5.74) is 1.80. The monoisotopic (exact) mass is 350 g/mol. The zero-order valence-corrected chi connectivity index (χ0v) is 10.3. The second kappa shape index (κ2) is 7.84. The van der Waals surface area contributed by atoms with Gasteiger partial charge < -0.3 is 12.2 Å². The van der Waals surface area contributed by atoms with Crippen LogP contribution in [-0.2, 0) is 21.1 Å². The fourth-order valence-electron chi connectivity index (χ4n) is 0.654. The molecule has 0 saturated heterocycles. The van der Waals surface area contributed by atoms with Crippen LogP contribution in [0, 0.1) is 7.43 Å². The number of nitrogens with one attached hydrogen (secondary N) is 1. The molecule has 1 aromatic carbocycles. The molecule has 0 atom stereocenters. The Morgan fingerprint density at radius 1 is 1.31 bits per heavy atom. The predicted octanol–water partition coefficient (Wildman–Crippen LogP) is 1.96. The van der Waals surface area contributed by atoms with E-state index >= 15 is 0 Å². The van der Waals surface area contributed by atoms with Gasteiger partial charge in [0.05, 0.1) is 0 Å². The van der Waals surface area contributed by atoms with Crippen LogP contribution in [0.2, 0.25) is 0 Å². The van der Waals surface area contributed by atoms with Crippen LogP contribution in [0.5, 0.6) is 5.75 Å². The largest absolute Gasteiger partial charge is 0.440 e. The Bertz CT molecular complexity index is 239. The SMILES string of the molecule is C=C(NO)Oc1ccccc1.[CH3-].[W]. The molecule has 0 unspecified atom stereocenters. The molecule has 72 valence electrons. The van der Waals surface area contributed by atoms with Crippen molar-refractivity contribution in [2.45, 2.75) is 0 Å². The molecule has 0 saturated carbocycles. The Morgan fingerprint density at radius 3 is 2.31 bits per heavy atom. The van der Waals surface area contributed by atoms with Gasteiger partial charge in [0, 0.05) is 21.1 Å². The van der Waals surface area contributed by atoms with E-state index in [0.717, 1.165) is 0 Å². The summed E-state index contributed by atoms with van der Waals surface area (Å²) in [5.74, 6) is 0.746. The van der Waals surface area contributed by atoms with E-state index < -0.39 is 0 Å². The molecule has 3 nitrogen and oxygen atoms in total. The zero-order valence-electron chi connectivity index (χ0n) is 7.36. The van der Waals surface area contributed by atoms with Gasteiger partial charge in [0.1, 0.15) is 5.75 Å². The van der Waals surface area contributed by atoms with Gasteiger partial charge in [-0.15, -0.1) is 0 Å². The molecule has 0 aliphatic carbocycles. The van der Waals surface area contributed by atoms with Gasteiger partial charge in [-0.2, -0.15) is 0 Å². The maximum atomic E-state index is 8.32. The Hall–Kier alpha value is -0.792. The average molecular weight is 350 g/mol. The van der Waals surface area contributed by atoms with Crippen LogP contribution in [-0.4, -0.2) is 5.21 Å². The first kappa shape index (κ1) is 14.7. The van der Waals surface area contributed by atoms with Crippen LogP contribution in [0.15, 0.2) is 42.8 Å². The molecule has 0 heterocycles. The van der Waals surface area contributed by atoms with E-state index in [1.54, 1.807) is 17.6 Å². The number of rotatable bonds is 3. The minimum atomic E-state index is 0. The molecule has 13 heavy (non-hydrogen) atoms. The fourth-order valence-corrected chi connectivity index (χ4v) is 0.654. The number of hydroxylamine groups is 1. The number of benzene rings is 1. The van der Waals surface area contributed by atoms with Crippen molar-refractivity contribution < 1.29 is 31.0 Å². The second-order valence-electron chi connectivity index (χ2n) is 1.95. The van der Waals surface area contributed by atoms with Crippen LogP contribution in [0.25, 0.3) is 0 Å². The molecule has 0 fully saturated rings. The van der Waals surface area contributed by atoms with Crippen LogP contribution in [0.3, 0.4) is 0 Å². The summed E-state index contributed by atoms with van der Waals surface area (Å²) in [5, 5.41) is 8.32. The minimum absolute atomic E-state index is 0. The summed E-state index contributed by atoms with van der Waals surface area (Å²) in [6.07, 6.45) is 0. The summed E-state index contributed by atoms with van der Waals surface area (Å²) in [7, 11) is 0. The Morgan fingerprint density at radius 2 is 1.85 bits per heavy atom. The molecule has 0 spiro atoms. The van der Waals surface area contributed by atoms with Gasteiger partial charge in [-0.1, -0.05) is 18.2 Å². The van der Waals surface area contributed by atoms with E-state index in [0.29, 0.717) is 5.75 Å². The third kappa shape index (κ3) is 5.45. The summed E-state index contributed by atoms with van der Waals surface area (Å²) < 4.78 is 5.01. The summed E-state index contributed by atoms with van der Waals surface area (Å²) in [6.45, 7) is 3.39. The number of hydrogen-bond acceptors (Lipinski definition) is 3. The standard InChI is InChI=1S/C8H9NO2.CH3.W/c1-7(9-10)11-8-5-3-2-4-6-8;;/h2-6,9-10H,1H2;1H3;/q;-1;. The summed E-state index contributed by atoms with van der Waals surface area (Å²) in [4.78, 5) is 0. The topological polar surface area (TPSA) is 41.5 Å². The van der Waals surface area contributed by atoms with Crippen molar-refractivity contribution in [2.75, 3.05) is 0 Å². The van der Waals surface area contributed by atoms with E-state index in [2.05, 4.69) is 6.58 Å². The molecule has 2 N–H and O–H groups in total. The first-order valence-corrected chi connectivity index (χ1v) is 3.15. The Labute approximate surface area is 92.6 Å². The van der Waals surface area contributed by atoms with E-state index in [4.69, 9.17) is 9.94 Å². The minimum Gasteiger partial charge on any atom is -0.440 e. The average Bonchev–Trinajstić information content (AvgIpc) is 2.06. The van der Waals surface area contributed by atoms with E-state index in [1.165, 1.54) is 0 Å². The predicted molar refractivity (Wildman–Crippen MR) is 47.5 cm³/mol. The number of ether oxygens (including phenoxy) is 1. The van der Waals surface area contributed by atoms with E-state index in [-0.39, 0.29) is 34.4 Å². The van der Waals surface area contributed by atoms with Crippen molar-refractivity contribution in [1.29, 1.82) is 0 Å². The zero-order chi connectivity index (χ0) is 8.10. The van der Waals surface area contributed by atoms with Crippen molar-refractivity contribution in [1.82, 2.24) is 5.48 Å². The third-order valence-electron chi connectivity index (χ3n) is 1.11. The van der Waals surface area contributed by atoms with Gasteiger partial charge in [0.2, 0.25) is 5.88 Å². The molecule has 1 rings (SSSR count). The molecule has 0 aliphatic heterocycles. The van der Waals surface area contributed by atoms with E-state index in [1.807, 2.05) is 18.2 Å². The molecular weight excluding hydrogens is 338 g/mol. The van der Waals surface area contributed by atoms with E-state index in [9.17, 15) is 0 Å². The first-order valence-electron chi connectivity index (χ1n) is 3.15. The summed E-state index contributed by atoms with van der Waals surface area (Å²) >= 11 is 0. The quantitative estimate of drug-likeness (QED) is 0.498. The summed E-state index contributed by atoms with van der Waals surface area (Å²) in [6, 6.07) is 9.08. The van der Waals surface area contributed by atoms with Crippen LogP contribution < -0.4 is 10.2 Å². The molecule has 0 radical (unpaired) electrons. The van der Waals surface area contributed by atoms with Gasteiger partial charge >= 0.3 is 0 Å². The third-order valence-corrected chi connectivity index (χ3v) is 1.11. The van der Waals surface area contributed by atoms with Crippen LogP contribution >= 0.6 is 0 Å². The van der Waals surface area contributed by atoms with Crippen LogP contribution in [0.4, 0.5) is 0 Å². The molecule has 4 heteroatoms. The smallest absolute Gasteiger partial charge is 0.209 e. The van der Waals surface area contributed by atoms with Crippen LogP contribution in [0.1, 0.15) is 0 Å². The molecule has 0 aromatic heterocycles. The second-order valence-corrected chi connectivity index (χ2v) is 1.95. The van der Waals surface area contributed by atoms with Gasteiger partial charge in [-0.3, -0.25) is 5.21 Å². The fraction of sp³-hybridized carbons (Fsp3) is 0. The first-order chi connectivity index (χ1) is 5.33. The molecule has 0 aliphatic rings. The molecular formula is C9H12NO2W-. The maximum Gasteiger partial charge on any atom is 0.209 e. The Balaban J connectivity index is 0. The van der Waals surface area contributed by atoms with Gasteiger partial charge in [0.25, 0.3) is 0 Å². The van der Waals surface area contributed by atoms with Crippen molar-refractivity contribution in [3.63, 3.8) is 0 Å². The van der Waals surface area contributed by atoms with Crippen molar-refractivity contribution >= 4 is 0 Å². The van der Waals surface area contributed by atoms with Crippen molar-refractivity contribution in [3.8, 4) is 5.75 Å². The molecule has 0 bridgehead atoms.